The first-order valence-electron chi connectivity index (χ1n) is 4.56. The predicted molar refractivity (Wildman–Crippen MR) is 47.2 cm³/mol. The first-order valence-corrected chi connectivity index (χ1v) is 4.56. The molecule has 0 aromatic carbocycles. The van der Waals surface area contributed by atoms with Gasteiger partial charge < -0.3 is 20.5 Å². The number of nitrogens with one attached hydrogen (secondary N) is 2. The molecule has 3 N–H and O–H groups in total. The maximum absolute atomic E-state index is 8.45. The molecule has 1 aliphatic rings. The largest absolute Gasteiger partial charge is 0.394 e. The van der Waals surface area contributed by atoms with Crippen LogP contribution in [0.3, 0.4) is 0 Å². The molecule has 0 aliphatic carbocycles. The molecular formula is C8H18N2O2. The minimum atomic E-state index is 0.121. The Bertz CT molecular complexity index is 105. The Hall–Kier alpha value is -0.160. The summed E-state index contributed by atoms with van der Waals surface area (Å²) in [6, 6.07) is 0.539. The molecule has 0 aromatic rings. The normalized spacial score (nSPS) is 24.2. The average molecular weight is 174 g/mol. The fourth-order valence-electron chi connectivity index (χ4n) is 1.31. The number of piperazine rings is 1. The van der Waals surface area contributed by atoms with Crippen LogP contribution in [0.25, 0.3) is 0 Å². The minimum absolute atomic E-state index is 0.121. The fraction of sp³-hybridized carbons (Fsp3) is 1.00. The van der Waals surface area contributed by atoms with Gasteiger partial charge in [-0.15, -0.1) is 0 Å². The van der Waals surface area contributed by atoms with Crippen molar-refractivity contribution in [3.8, 4) is 0 Å². The van der Waals surface area contributed by atoms with E-state index in [1.807, 2.05) is 0 Å². The highest BCUT2D eigenvalue weighted by Gasteiger charge is 2.10. The molecule has 0 aromatic heterocycles. The monoisotopic (exact) mass is 174 g/mol. The third kappa shape index (κ3) is 4.01. The molecule has 1 rings (SSSR count). The average Bonchev–Trinajstić information content (AvgIpc) is 2.14. The molecule has 0 spiro atoms. The zero-order valence-electron chi connectivity index (χ0n) is 7.38. The summed E-state index contributed by atoms with van der Waals surface area (Å²) in [5.74, 6) is 0. The van der Waals surface area contributed by atoms with Gasteiger partial charge in [0.25, 0.3) is 0 Å². The van der Waals surface area contributed by atoms with Gasteiger partial charge in [-0.2, -0.15) is 0 Å². The molecular weight excluding hydrogens is 156 g/mol. The molecule has 0 bridgehead atoms. The van der Waals surface area contributed by atoms with Crippen LogP contribution < -0.4 is 10.6 Å². The lowest BCUT2D eigenvalue weighted by Gasteiger charge is -2.24. The van der Waals surface area contributed by atoms with Crippen molar-refractivity contribution in [1.82, 2.24) is 10.6 Å². The Morgan fingerprint density at radius 2 is 2.25 bits per heavy atom. The van der Waals surface area contributed by atoms with E-state index in [9.17, 15) is 0 Å². The maximum Gasteiger partial charge on any atom is 0.0697 e. The van der Waals surface area contributed by atoms with Gasteiger partial charge in [0.1, 0.15) is 0 Å². The van der Waals surface area contributed by atoms with E-state index in [2.05, 4.69) is 10.6 Å². The van der Waals surface area contributed by atoms with Gasteiger partial charge in [-0.25, -0.2) is 0 Å². The van der Waals surface area contributed by atoms with Crippen LogP contribution in [0.2, 0.25) is 0 Å². The molecule has 1 heterocycles. The summed E-state index contributed by atoms with van der Waals surface area (Å²) in [6.45, 7) is 4.46. The number of rotatable bonds is 5. The summed E-state index contributed by atoms with van der Waals surface area (Å²) >= 11 is 0. The fourth-order valence-corrected chi connectivity index (χ4v) is 1.31. The second-order valence-corrected chi connectivity index (χ2v) is 2.98. The predicted octanol–water partition coefficient (Wildman–Crippen LogP) is -1.05. The van der Waals surface area contributed by atoms with Crippen LogP contribution in [-0.4, -0.2) is 50.6 Å². The molecule has 0 amide bonds. The first-order chi connectivity index (χ1) is 5.93. The lowest BCUT2D eigenvalue weighted by Crippen LogP contribution is -2.48. The summed E-state index contributed by atoms with van der Waals surface area (Å²) in [6.07, 6.45) is 1.02. The number of aliphatic hydroxyl groups excluding tert-OH is 1. The number of ether oxygens (including phenoxy) is 1. The Kier molecular flexibility index (Phi) is 5.27. The van der Waals surface area contributed by atoms with Crippen LogP contribution in [-0.2, 0) is 4.74 Å². The topological polar surface area (TPSA) is 53.5 Å². The molecule has 0 unspecified atom stereocenters. The number of aliphatic hydroxyl groups is 1. The van der Waals surface area contributed by atoms with Gasteiger partial charge >= 0.3 is 0 Å². The van der Waals surface area contributed by atoms with Gasteiger partial charge in [0.2, 0.25) is 0 Å². The zero-order chi connectivity index (χ0) is 8.65. The van der Waals surface area contributed by atoms with Crippen molar-refractivity contribution in [1.29, 1.82) is 0 Å². The highest BCUT2D eigenvalue weighted by molar-refractivity contribution is 4.74. The van der Waals surface area contributed by atoms with E-state index in [0.717, 1.165) is 32.7 Å². The molecule has 1 aliphatic heterocycles. The van der Waals surface area contributed by atoms with E-state index >= 15 is 0 Å². The lowest BCUT2D eigenvalue weighted by atomic mass is 10.2. The zero-order valence-corrected chi connectivity index (χ0v) is 7.38. The van der Waals surface area contributed by atoms with Crippen LogP contribution in [0.15, 0.2) is 0 Å². The Balaban J connectivity index is 1.91. The molecule has 4 nitrogen and oxygen atoms in total. The van der Waals surface area contributed by atoms with Crippen LogP contribution in [0, 0.1) is 0 Å². The third-order valence-electron chi connectivity index (χ3n) is 1.97. The number of hydrogen-bond donors (Lipinski definition) is 3. The first kappa shape index (κ1) is 9.92. The smallest absolute Gasteiger partial charge is 0.0697 e. The molecule has 1 atom stereocenters. The molecule has 72 valence electrons. The summed E-state index contributed by atoms with van der Waals surface area (Å²) < 4.78 is 5.17. The van der Waals surface area contributed by atoms with Gasteiger partial charge in [-0.05, 0) is 6.42 Å². The van der Waals surface area contributed by atoms with E-state index in [1.165, 1.54) is 0 Å². The quantitative estimate of drug-likeness (QED) is 0.465. The van der Waals surface area contributed by atoms with E-state index < -0.39 is 0 Å². The van der Waals surface area contributed by atoms with E-state index in [1.54, 1.807) is 0 Å². The van der Waals surface area contributed by atoms with Crippen LogP contribution in [0.5, 0.6) is 0 Å². The van der Waals surface area contributed by atoms with Gasteiger partial charge in [0.15, 0.2) is 0 Å². The Morgan fingerprint density at radius 3 is 2.92 bits per heavy atom. The molecule has 0 radical (unpaired) electrons. The second kappa shape index (κ2) is 6.37. The molecule has 1 fully saturated rings. The van der Waals surface area contributed by atoms with Crippen molar-refractivity contribution in [3.63, 3.8) is 0 Å². The molecule has 4 heteroatoms. The van der Waals surface area contributed by atoms with Crippen molar-refractivity contribution in [2.75, 3.05) is 39.5 Å². The van der Waals surface area contributed by atoms with Crippen LogP contribution in [0.4, 0.5) is 0 Å². The van der Waals surface area contributed by atoms with Crippen LogP contribution in [0.1, 0.15) is 6.42 Å². The maximum atomic E-state index is 8.45. The van der Waals surface area contributed by atoms with Gasteiger partial charge in [-0.1, -0.05) is 0 Å². The summed E-state index contributed by atoms with van der Waals surface area (Å²) in [4.78, 5) is 0. The summed E-state index contributed by atoms with van der Waals surface area (Å²) in [5.41, 5.74) is 0. The lowest BCUT2D eigenvalue weighted by molar-refractivity contribution is 0.0848. The summed E-state index contributed by atoms with van der Waals surface area (Å²) in [5, 5.41) is 15.1. The molecule has 0 saturated carbocycles. The SMILES string of the molecule is OCCOCC[C@@H]1CNCCN1. The van der Waals surface area contributed by atoms with Crippen molar-refractivity contribution >= 4 is 0 Å². The van der Waals surface area contributed by atoms with Gasteiger partial charge in [0.05, 0.1) is 13.2 Å². The van der Waals surface area contributed by atoms with Gasteiger partial charge in [0, 0.05) is 32.3 Å². The number of hydrogen-bond acceptors (Lipinski definition) is 4. The Morgan fingerprint density at radius 1 is 1.33 bits per heavy atom. The van der Waals surface area contributed by atoms with Crippen molar-refractivity contribution in [3.05, 3.63) is 0 Å². The highest BCUT2D eigenvalue weighted by Crippen LogP contribution is 1.94. The van der Waals surface area contributed by atoms with Crippen molar-refractivity contribution in [2.24, 2.45) is 0 Å². The van der Waals surface area contributed by atoms with E-state index in [-0.39, 0.29) is 6.61 Å². The molecule has 1 saturated heterocycles. The van der Waals surface area contributed by atoms with Crippen molar-refractivity contribution < 1.29 is 9.84 Å². The second-order valence-electron chi connectivity index (χ2n) is 2.98. The summed E-state index contributed by atoms with van der Waals surface area (Å²) in [7, 11) is 0. The highest BCUT2D eigenvalue weighted by atomic mass is 16.5. The van der Waals surface area contributed by atoms with Crippen LogP contribution >= 0.6 is 0 Å². The minimum Gasteiger partial charge on any atom is -0.394 e. The standard InChI is InChI=1S/C8H18N2O2/c11-4-6-12-5-1-8-7-9-2-3-10-8/h8-11H,1-7H2/t8-/m1/s1. The van der Waals surface area contributed by atoms with E-state index in [4.69, 9.17) is 9.84 Å². The van der Waals surface area contributed by atoms with Crippen molar-refractivity contribution in [2.45, 2.75) is 12.5 Å². The Labute approximate surface area is 73.3 Å². The van der Waals surface area contributed by atoms with Gasteiger partial charge in [-0.3, -0.25) is 0 Å². The molecule has 12 heavy (non-hydrogen) atoms. The third-order valence-corrected chi connectivity index (χ3v) is 1.97. The van der Waals surface area contributed by atoms with E-state index in [0.29, 0.717) is 12.6 Å².